The van der Waals surface area contributed by atoms with Crippen LogP contribution in [0.4, 0.5) is 4.39 Å². The van der Waals surface area contributed by atoms with Crippen molar-refractivity contribution in [3.63, 3.8) is 0 Å². The van der Waals surface area contributed by atoms with E-state index in [1.807, 2.05) is 92.3 Å². The zero-order chi connectivity index (χ0) is 38.0. The molecule has 0 radical (unpaired) electrons. The number of ether oxygens (including phenoxy) is 1. The topological polar surface area (TPSA) is 107 Å². The van der Waals surface area contributed by atoms with E-state index in [9.17, 15) is 13.5 Å². The molecule has 0 saturated heterocycles. The standard InChI is InChI=1S/C44H41FN4O4S/c1-6-54(51,52)42-46-39-33(41(47-42)53-43(3,4)5)24-32(28-22-23-28)38(40(39)50)37-27(2)35(45)25-36-34(37)26-49(48-36)44(29-16-10-7-11-17-29,30-18-12-8-13-19-30)31-20-14-9-15-21-31/h7-21,24-26,28,50H,6,22-23H2,1-5H3. The van der Waals surface area contributed by atoms with Crippen molar-refractivity contribution in [2.45, 2.75) is 69.7 Å². The minimum absolute atomic E-state index is 0.0204. The van der Waals surface area contributed by atoms with Crippen molar-refractivity contribution in [3.05, 3.63) is 143 Å². The van der Waals surface area contributed by atoms with Crippen molar-refractivity contribution >= 4 is 31.6 Å². The smallest absolute Gasteiger partial charge is 0.251 e. The molecule has 0 atom stereocenters. The summed E-state index contributed by atoms with van der Waals surface area (Å²) in [5.41, 5.74) is 3.56. The van der Waals surface area contributed by atoms with Crippen LogP contribution in [0.1, 0.15) is 74.3 Å². The van der Waals surface area contributed by atoms with Gasteiger partial charge in [0.15, 0.2) is 0 Å². The van der Waals surface area contributed by atoms with E-state index in [1.165, 1.54) is 13.0 Å². The lowest BCUT2D eigenvalue weighted by Gasteiger charge is -2.36. The Labute approximate surface area is 314 Å². The Balaban J connectivity index is 1.48. The molecule has 0 aliphatic heterocycles. The van der Waals surface area contributed by atoms with E-state index >= 15 is 4.39 Å². The van der Waals surface area contributed by atoms with Crippen LogP contribution in [0.2, 0.25) is 0 Å². The van der Waals surface area contributed by atoms with E-state index in [2.05, 4.69) is 46.4 Å². The van der Waals surface area contributed by atoms with Gasteiger partial charge in [0.25, 0.3) is 5.16 Å². The molecule has 0 spiro atoms. The molecule has 7 aromatic rings. The number of sulfone groups is 1. The number of phenols is 1. The second-order valence-corrected chi connectivity index (χ2v) is 17.1. The van der Waals surface area contributed by atoms with E-state index in [-0.39, 0.29) is 28.8 Å². The van der Waals surface area contributed by atoms with Crippen molar-refractivity contribution < 1.29 is 22.7 Å². The normalized spacial score (nSPS) is 13.8. The first-order valence-electron chi connectivity index (χ1n) is 18.2. The second-order valence-electron chi connectivity index (χ2n) is 15.0. The van der Waals surface area contributed by atoms with E-state index in [4.69, 9.17) is 9.84 Å². The van der Waals surface area contributed by atoms with E-state index < -0.39 is 32.0 Å². The minimum Gasteiger partial charge on any atom is -0.505 e. The average molecular weight is 741 g/mol. The Morgan fingerprint density at radius 2 is 1.39 bits per heavy atom. The molecule has 1 aliphatic carbocycles. The Morgan fingerprint density at radius 3 is 1.89 bits per heavy atom. The molecule has 0 bridgehead atoms. The fraction of sp³-hybridized carbons (Fsp3) is 0.250. The van der Waals surface area contributed by atoms with Crippen LogP contribution in [0.25, 0.3) is 32.9 Å². The molecular weight excluding hydrogens is 700 g/mol. The van der Waals surface area contributed by atoms with Crippen molar-refractivity contribution in [3.8, 4) is 22.8 Å². The van der Waals surface area contributed by atoms with Gasteiger partial charge >= 0.3 is 0 Å². The predicted molar refractivity (Wildman–Crippen MR) is 209 cm³/mol. The molecule has 8 nitrogen and oxygen atoms in total. The Bertz CT molecular complexity index is 2560. The molecule has 8 rings (SSSR count). The van der Waals surface area contributed by atoms with Crippen molar-refractivity contribution in [1.82, 2.24) is 19.7 Å². The molecule has 274 valence electrons. The van der Waals surface area contributed by atoms with Crippen LogP contribution < -0.4 is 4.74 Å². The van der Waals surface area contributed by atoms with Gasteiger partial charge in [0, 0.05) is 28.8 Å². The summed E-state index contributed by atoms with van der Waals surface area (Å²) in [6.45, 7) is 8.74. The highest BCUT2D eigenvalue weighted by atomic mass is 32.2. The first-order valence-corrected chi connectivity index (χ1v) is 19.8. The zero-order valence-corrected chi connectivity index (χ0v) is 31.7. The SMILES string of the molecule is CCS(=O)(=O)c1nc(OC(C)(C)C)c2cc(C3CC3)c(-c3c(C)c(F)cc4nn(C(c5ccccc5)(c5ccccc5)c5ccccc5)cc34)c(O)c2n1. The molecule has 10 heteroatoms. The predicted octanol–water partition coefficient (Wildman–Crippen LogP) is 9.49. The maximum absolute atomic E-state index is 16.3. The number of aromatic hydroxyl groups is 1. The molecule has 1 N–H and O–H groups in total. The number of hydrogen-bond donors (Lipinski definition) is 1. The summed E-state index contributed by atoms with van der Waals surface area (Å²) in [5, 5.41) is 18.2. The molecule has 0 amide bonds. The molecule has 1 fully saturated rings. The van der Waals surface area contributed by atoms with Crippen LogP contribution in [0, 0.1) is 12.7 Å². The van der Waals surface area contributed by atoms with Crippen molar-refractivity contribution in [1.29, 1.82) is 0 Å². The molecule has 54 heavy (non-hydrogen) atoms. The number of aromatic nitrogens is 4. The van der Waals surface area contributed by atoms with Crippen LogP contribution >= 0.6 is 0 Å². The van der Waals surface area contributed by atoms with Crippen LogP contribution in [0.3, 0.4) is 0 Å². The van der Waals surface area contributed by atoms with Gasteiger partial charge in [0.1, 0.15) is 28.2 Å². The summed E-state index contributed by atoms with van der Waals surface area (Å²) in [6.07, 6.45) is 3.67. The second kappa shape index (κ2) is 13.1. The van der Waals surface area contributed by atoms with Gasteiger partial charge in [0.05, 0.1) is 16.7 Å². The van der Waals surface area contributed by atoms with Crippen LogP contribution in [-0.4, -0.2) is 44.6 Å². The van der Waals surface area contributed by atoms with Gasteiger partial charge in [-0.2, -0.15) is 10.1 Å². The lowest BCUT2D eigenvalue weighted by Crippen LogP contribution is -2.38. The molecule has 0 unspecified atom stereocenters. The highest BCUT2D eigenvalue weighted by Gasteiger charge is 2.40. The van der Waals surface area contributed by atoms with E-state index in [1.54, 1.807) is 6.92 Å². The minimum atomic E-state index is -3.90. The summed E-state index contributed by atoms with van der Waals surface area (Å²) >= 11 is 0. The van der Waals surface area contributed by atoms with Gasteiger partial charge in [-0.3, -0.25) is 4.68 Å². The van der Waals surface area contributed by atoms with E-state index in [0.29, 0.717) is 33.0 Å². The highest BCUT2D eigenvalue weighted by molar-refractivity contribution is 7.91. The third kappa shape index (κ3) is 5.89. The summed E-state index contributed by atoms with van der Waals surface area (Å²) in [6, 6.07) is 33.6. The quantitative estimate of drug-likeness (QED) is 0.116. The van der Waals surface area contributed by atoms with E-state index in [0.717, 1.165) is 35.1 Å². The fourth-order valence-corrected chi connectivity index (χ4v) is 8.21. The zero-order valence-electron chi connectivity index (χ0n) is 30.8. The van der Waals surface area contributed by atoms with Crippen molar-refractivity contribution in [2.75, 3.05) is 5.75 Å². The van der Waals surface area contributed by atoms with Crippen LogP contribution in [-0.2, 0) is 15.4 Å². The van der Waals surface area contributed by atoms with Gasteiger partial charge < -0.3 is 9.84 Å². The first-order chi connectivity index (χ1) is 25.8. The van der Waals surface area contributed by atoms with Gasteiger partial charge in [-0.15, -0.1) is 0 Å². The summed E-state index contributed by atoms with van der Waals surface area (Å²) < 4.78 is 50.9. The Morgan fingerprint density at radius 1 is 0.833 bits per heavy atom. The Hall–Kier alpha value is -5.61. The molecule has 2 heterocycles. The monoisotopic (exact) mass is 740 g/mol. The molecule has 1 aliphatic rings. The van der Waals surface area contributed by atoms with Gasteiger partial charge in [-0.1, -0.05) is 97.9 Å². The molecule has 2 aromatic heterocycles. The average Bonchev–Trinajstić information content (AvgIpc) is 3.93. The summed E-state index contributed by atoms with van der Waals surface area (Å²) in [4.78, 5) is 8.85. The van der Waals surface area contributed by atoms with Gasteiger partial charge in [0.2, 0.25) is 15.7 Å². The lowest BCUT2D eigenvalue weighted by molar-refractivity contribution is 0.125. The fourth-order valence-electron chi connectivity index (χ4n) is 7.50. The summed E-state index contributed by atoms with van der Waals surface area (Å²) in [5.74, 6) is -0.846. The Kier molecular flexibility index (Phi) is 8.56. The van der Waals surface area contributed by atoms with Gasteiger partial charge in [-0.25, -0.2) is 17.8 Å². The van der Waals surface area contributed by atoms with Crippen LogP contribution in [0.15, 0.2) is 114 Å². The molecular formula is C44H41FN4O4S. The number of phenolic OH excluding ortho intramolecular Hbond substituents is 1. The number of nitrogens with zero attached hydrogens (tertiary/aromatic N) is 4. The third-order valence-electron chi connectivity index (χ3n) is 10.2. The lowest BCUT2D eigenvalue weighted by atomic mass is 9.77. The maximum atomic E-state index is 16.3. The maximum Gasteiger partial charge on any atom is 0.251 e. The third-order valence-corrected chi connectivity index (χ3v) is 11.7. The van der Waals surface area contributed by atoms with Gasteiger partial charge in [-0.05, 0) is 80.3 Å². The first kappa shape index (κ1) is 35.4. The van der Waals surface area contributed by atoms with Crippen molar-refractivity contribution in [2.24, 2.45) is 0 Å². The highest BCUT2D eigenvalue weighted by Crippen LogP contribution is 2.53. The molecule has 1 saturated carbocycles. The number of rotatable bonds is 9. The summed E-state index contributed by atoms with van der Waals surface area (Å²) in [7, 11) is -3.90. The number of halogens is 1. The number of fused-ring (bicyclic) bond motifs is 2. The molecule has 5 aromatic carbocycles. The number of benzene rings is 5. The number of hydrogen-bond acceptors (Lipinski definition) is 7. The van der Waals surface area contributed by atoms with Crippen LogP contribution in [0.5, 0.6) is 11.6 Å². The largest absolute Gasteiger partial charge is 0.505 e.